The third kappa shape index (κ3) is 6.94. The highest BCUT2D eigenvalue weighted by Gasteiger charge is 2.23. The Morgan fingerprint density at radius 3 is 2.53 bits per heavy atom. The Kier molecular flexibility index (Phi) is 9.40. The van der Waals surface area contributed by atoms with Gasteiger partial charge >= 0.3 is 12.0 Å². The first kappa shape index (κ1) is 27.2. The van der Waals surface area contributed by atoms with Crippen molar-refractivity contribution in [2.45, 2.75) is 77.9 Å². The fraction of sp³-hybridized carbons (Fsp3) is 0.433. The van der Waals surface area contributed by atoms with Crippen molar-refractivity contribution < 1.29 is 19.4 Å². The largest absolute Gasteiger partial charge is 0.489 e. The van der Waals surface area contributed by atoms with Crippen molar-refractivity contribution in [3.05, 3.63) is 76.9 Å². The van der Waals surface area contributed by atoms with E-state index in [1.54, 1.807) is 35.4 Å². The number of rotatable bonds is 11. The van der Waals surface area contributed by atoms with E-state index in [2.05, 4.69) is 28.3 Å². The Bertz CT molecular complexity index is 1200. The standard InChI is InChI=1S/C30H38N4O4/c1-3-8-26-23(18-28-31-15-16-32-28)17-25(34(4-2)30(37)33-24-9-6-5-7-10-24)19-27(26)38-20-21-11-13-22(14-12-21)29(35)36/h11-17,19,24H,3-10,18,20H2,1-2H3,(H,31,32)(H,33,37)(H,35,36). The second-order valence-electron chi connectivity index (χ2n) is 9.86. The molecule has 1 fully saturated rings. The topological polar surface area (TPSA) is 108 Å². The van der Waals surface area contributed by atoms with Crippen LogP contribution < -0.4 is 15.0 Å². The second-order valence-corrected chi connectivity index (χ2v) is 9.86. The molecule has 1 heterocycles. The maximum absolute atomic E-state index is 13.4. The van der Waals surface area contributed by atoms with Crippen molar-refractivity contribution in [3.8, 4) is 5.75 Å². The molecule has 0 aliphatic heterocycles. The first-order chi connectivity index (χ1) is 18.5. The van der Waals surface area contributed by atoms with Gasteiger partial charge in [-0.3, -0.25) is 4.90 Å². The highest BCUT2D eigenvalue weighted by molar-refractivity contribution is 5.92. The van der Waals surface area contributed by atoms with E-state index in [9.17, 15) is 14.7 Å². The van der Waals surface area contributed by atoms with E-state index in [0.29, 0.717) is 19.6 Å². The molecule has 202 valence electrons. The lowest BCUT2D eigenvalue weighted by atomic mass is 9.95. The van der Waals surface area contributed by atoms with Gasteiger partial charge in [-0.25, -0.2) is 14.6 Å². The lowest BCUT2D eigenvalue weighted by molar-refractivity contribution is 0.0696. The second kappa shape index (κ2) is 13.1. The first-order valence-corrected chi connectivity index (χ1v) is 13.7. The number of aromatic carboxylic acids is 1. The molecule has 0 atom stereocenters. The monoisotopic (exact) mass is 518 g/mol. The Balaban J connectivity index is 1.65. The minimum absolute atomic E-state index is 0.0817. The molecule has 8 nitrogen and oxygen atoms in total. The van der Waals surface area contributed by atoms with Crippen LogP contribution in [0.25, 0.3) is 0 Å². The molecule has 0 bridgehead atoms. The number of imidazole rings is 1. The number of carboxylic acid groups (broad SMARTS) is 1. The number of hydrogen-bond acceptors (Lipinski definition) is 4. The van der Waals surface area contributed by atoms with E-state index in [-0.39, 0.29) is 17.6 Å². The average molecular weight is 519 g/mol. The van der Waals surface area contributed by atoms with E-state index in [0.717, 1.165) is 72.5 Å². The Morgan fingerprint density at radius 2 is 1.89 bits per heavy atom. The fourth-order valence-electron chi connectivity index (χ4n) is 5.09. The summed E-state index contributed by atoms with van der Waals surface area (Å²) in [6, 6.07) is 10.9. The summed E-state index contributed by atoms with van der Waals surface area (Å²) in [5.41, 5.74) is 4.07. The minimum atomic E-state index is -0.955. The number of benzene rings is 2. The van der Waals surface area contributed by atoms with E-state index in [1.165, 1.54) is 6.42 Å². The number of carboxylic acids is 1. The van der Waals surface area contributed by atoms with Gasteiger partial charge in [0, 0.05) is 43.2 Å². The number of nitrogens with one attached hydrogen (secondary N) is 2. The smallest absolute Gasteiger partial charge is 0.335 e. The number of anilines is 1. The van der Waals surface area contributed by atoms with Gasteiger partial charge < -0.3 is 20.1 Å². The highest BCUT2D eigenvalue weighted by Crippen LogP contribution is 2.33. The van der Waals surface area contributed by atoms with Gasteiger partial charge in [0.25, 0.3) is 0 Å². The summed E-state index contributed by atoms with van der Waals surface area (Å²) in [5, 5.41) is 12.4. The molecular weight excluding hydrogens is 480 g/mol. The van der Waals surface area contributed by atoms with E-state index < -0.39 is 5.97 Å². The Hall–Kier alpha value is -3.81. The van der Waals surface area contributed by atoms with Crippen LogP contribution in [0.2, 0.25) is 0 Å². The normalized spacial score (nSPS) is 13.7. The van der Waals surface area contributed by atoms with Crippen molar-refractivity contribution in [2.24, 2.45) is 0 Å². The molecular formula is C30H38N4O4. The number of aromatic nitrogens is 2. The highest BCUT2D eigenvalue weighted by atomic mass is 16.5. The van der Waals surface area contributed by atoms with Gasteiger partial charge in [0.15, 0.2) is 0 Å². The summed E-state index contributed by atoms with van der Waals surface area (Å²) in [6.07, 6.45) is 11.5. The fourth-order valence-corrected chi connectivity index (χ4v) is 5.09. The quantitative estimate of drug-likeness (QED) is 0.284. The molecule has 0 saturated heterocycles. The molecule has 0 radical (unpaired) electrons. The van der Waals surface area contributed by atoms with Gasteiger partial charge in [-0.2, -0.15) is 0 Å². The minimum Gasteiger partial charge on any atom is -0.489 e. The SMILES string of the molecule is CCCc1c(Cc2ncc[nH]2)cc(N(CC)C(=O)NC2CCCCC2)cc1OCc1ccc(C(=O)O)cc1. The van der Waals surface area contributed by atoms with E-state index >= 15 is 0 Å². The van der Waals surface area contributed by atoms with Crippen LogP contribution in [0.4, 0.5) is 10.5 Å². The number of amides is 2. The number of H-pyrrole nitrogens is 1. The van der Waals surface area contributed by atoms with Crippen LogP contribution in [-0.2, 0) is 19.4 Å². The Labute approximate surface area is 224 Å². The summed E-state index contributed by atoms with van der Waals surface area (Å²) in [5.74, 6) is 0.630. The molecule has 4 rings (SSSR count). The number of aromatic amines is 1. The lowest BCUT2D eigenvalue weighted by Crippen LogP contribution is -2.45. The van der Waals surface area contributed by atoms with E-state index in [1.807, 2.05) is 19.2 Å². The number of carbonyl (C=O) groups excluding carboxylic acids is 1. The van der Waals surface area contributed by atoms with Crippen LogP contribution in [0.1, 0.15) is 85.2 Å². The molecule has 0 unspecified atom stereocenters. The predicted molar refractivity (Wildman–Crippen MR) is 148 cm³/mol. The first-order valence-electron chi connectivity index (χ1n) is 13.7. The Morgan fingerprint density at radius 1 is 1.13 bits per heavy atom. The third-order valence-electron chi connectivity index (χ3n) is 7.10. The summed E-state index contributed by atoms with van der Waals surface area (Å²) < 4.78 is 6.36. The summed E-state index contributed by atoms with van der Waals surface area (Å²) >= 11 is 0. The maximum atomic E-state index is 13.4. The summed E-state index contributed by atoms with van der Waals surface area (Å²) in [6.45, 7) is 4.94. The molecule has 1 aliphatic rings. The number of hydrogen-bond donors (Lipinski definition) is 3. The van der Waals surface area contributed by atoms with Crippen LogP contribution in [-0.4, -0.2) is 39.7 Å². The zero-order chi connectivity index (χ0) is 26.9. The zero-order valence-electron chi connectivity index (χ0n) is 22.3. The van der Waals surface area contributed by atoms with Crippen LogP contribution in [0.3, 0.4) is 0 Å². The van der Waals surface area contributed by atoms with Crippen molar-refractivity contribution >= 4 is 17.7 Å². The number of nitrogens with zero attached hydrogens (tertiary/aromatic N) is 2. The molecule has 3 aromatic rings. The van der Waals surface area contributed by atoms with Gasteiger partial charge in [-0.05, 0) is 61.1 Å². The summed E-state index contributed by atoms with van der Waals surface area (Å²) in [7, 11) is 0. The molecule has 2 aromatic carbocycles. The van der Waals surface area contributed by atoms with Crippen LogP contribution >= 0.6 is 0 Å². The van der Waals surface area contributed by atoms with Gasteiger partial charge in [-0.1, -0.05) is 44.7 Å². The molecule has 8 heteroatoms. The zero-order valence-corrected chi connectivity index (χ0v) is 22.3. The van der Waals surface area contributed by atoms with Crippen molar-refractivity contribution in [3.63, 3.8) is 0 Å². The lowest BCUT2D eigenvalue weighted by Gasteiger charge is -2.29. The van der Waals surface area contributed by atoms with E-state index in [4.69, 9.17) is 4.74 Å². The number of urea groups is 1. The molecule has 3 N–H and O–H groups in total. The van der Waals surface area contributed by atoms with Gasteiger partial charge in [0.05, 0.1) is 5.56 Å². The molecule has 2 amide bonds. The number of ether oxygens (including phenoxy) is 1. The van der Waals surface area contributed by atoms with Crippen LogP contribution in [0, 0.1) is 0 Å². The third-order valence-corrected chi connectivity index (χ3v) is 7.10. The van der Waals surface area contributed by atoms with Crippen molar-refractivity contribution in [1.82, 2.24) is 15.3 Å². The number of carbonyl (C=O) groups is 2. The summed E-state index contributed by atoms with van der Waals surface area (Å²) in [4.78, 5) is 34.0. The van der Waals surface area contributed by atoms with Gasteiger partial charge in [-0.15, -0.1) is 0 Å². The molecule has 1 saturated carbocycles. The van der Waals surface area contributed by atoms with Gasteiger partial charge in [0.1, 0.15) is 18.2 Å². The van der Waals surface area contributed by atoms with Crippen LogP contribution in [0.5, 0.6) is 5.75 Å². The molecule has 1 aliphatic carbocycles. The molecule has 0 spiro atoms. The predicted octanol–water partition coefficient (Wildman–Crippen LogP) is 6.10. The van der Waals surface area contributed by atoms with Crippen LogP contribution in [0.15, 0.2) is 48.8 Å². The maximum Gasteiger partial charge on any atom is 0.335 e. The van der Waals surface area contributed by atoms with Crippen molar-refractivity contribution in [2.75, 3.05) is 11.4 Å². The average Bonchev–Trinajstić information content (AvgIpc) is 3.43. The molecule has 1 aromatic heterocycles. The van der Waals surface area contributed by atoms with Gasteiger partial charge in [0.2, 0.25) is 0 Å². The molecule has 38 heavy (non-hydrogen) atoms. The van der Waals surface area contributed by atoms with Crippen molar-refractivity contribution in [1.29, 1.82) is 0 Å².